The van der Waals surface area contributed by atoms with Gasteiger partial charge >= 0.3 is 0 Å². The first-order valence-electron chi connectivity index (χ1n) is 6.85. The zero-order valence-electron chi connectivity index (χ0n) is 12.2. The molecule has 1 aromatic carbocycles. The minimum atomic E-state index is -0.126. The molecule has 0 saturated heterocycles. The highest BCUT2D eigenvalue weighted by Crippen LogP contribution is 2.24. The molecule has 2 N–H and O–H groups in total. The van der Waals surface area contributed by atoms with Crippen molar-refractivity contribution in [2.24, 2.45) is 0 Å². The topological polar surface area (TPSA) is 58.2 Å². The first-order chi connectivity index (χ1) is 9.52. The van der Waals surface area contributed by atoms with E-state index in [1.807, 2.05) is 31.2 Å². The molecule has 0 spiro atoms. The molecule has 110 valence electrons. The lowest BCUT2D eigenvalue weighted by Gasteiger charge is -2.12. The van der Waals surface area contributed by atoms with Crippen molar-refractivity contribution in [3.8, 4) is 0 Å². The minimum absolute atomic E-state index is 0.0642. The average Bonchev–Trinajstić information content (AvgIpc) is 2.40. The molecule has 0 fully saturated rings. The maximum absolute atomic E-state index is 11.8. The molecule has 20 heavy (non-hydrogen) atoms. The summed E-state index contributed by atoms with van der Waals surface area (Å²) in [6.07, 6.45) is 2.08. The Morgan fingerprint density at radius 3 is 2.45 bits per heavy atom. The number of thioether (sulfide) groups is 1. The Hall–Kier alpha value is -1.49. The van der Waals surface area contributed by atoms with E-state index in [-0.39, 0.29) is 17.1 Å². The predicted octanol–water partition coefficient (Wildman–Crippen LogP) is 3.04. The summed E-state index contributed by atoms with van der Waals surface area (Å²) in [6, 6.07) is 7.49. The zero-order chi connectivity index (χ0) is 15.0. The van der Waals surface area contributed by atoms with Gasteiger partial charge in [-0.05, 0) is 37.6 Å². The fraction of sp³-hybridized carbons (Fsp3) is 0.467. The lowest BCUT2D eigenvalue weighted by molar-refractivity contribution is -0.120. The van der Waals surface area contributed by atoms with Gasteiger partial charge in [0.1, 0.15) is 0 Å². The number of nitrogens with one attached hydrogen (secondary N) is 2. The van der Waals surface area contributed by atoms with Gasteiger partial charge in [0.15, 0.2) is 0 Å². The molecule has 1 atom stereocenters. The Kier molecular flexibility index (Phi) is 7.15. The number of unbranched alkanes of at least 4 members (excludes halogenated alkanes) is 1. The van der Waals surface area contributed by atoms with Crippen molar-refractivity contribution >= 4 is 29.3 Å². The lowest BCUT2D eigenvalue weighted by atomic mass is 10.3. The van der Waals surface area contributed by atoms with Crippen LogP contribution in [0.1, 0.15) is 33.6 Å². The van der Waals surface area contributed by atoms with E-state index in [2.05, 4.69) is 17.6 Å². The van der Waals surface area contributed by atoms with Crippen LogP contribution in [0.25, 0.3) is 0 Å². The molecular formula is C15H22N2O2S. The first kappa shape index (κ1) is 16.6. The number of hydrogen-bond donors (Lipinski definition) is 2. The molecule has 1 unspecified atom stereocenters. The molecule has 0 saturated carbocycles. The summed E-state index contributed by atoms with van der Waals surface area (Å²) in [5, 5.41) is 5.51. The van der Waals surface area contributed by atoms with Crippen LogP contribution in [0.4, 0.5) is 5.69 Å². The van der Waals surface area contributed by atoms with Crippen LogP contribution >= 0.6 is 11.8 Å². The standard InChI is InChI=1S/C15H22N2O2S/c1-4-5-10-16-15(19)11(2)20-14-8-6-13(7-9-14)17-12(3)18/h6-9,11H,4-5,10H2,1-3H3,(H,16,19)(H,17,18). The molecule has 0 aliphatic heterocycles. The van der Waals surface area contributed by atoms with Crippen LogP contribution in [0.3, 0.4) is 0 Å². The van der Waals surface area contributed by atoms with E-state index in [4.69, 9.17) is 0 Å². The van der Waals surface area contributed by atoms with Gasteiger partial charge in [0.2, 0.25) is 11.8 Å². The van der Waals surface area contributed by atoms with Crippen LogP contribution in [-0.2, 0) is 9.59 Å². The number of carbonyl (C=O) groups is 2. The largest absolute Gasteiger partial charge is 0.355 e. The number of rotatable bonds is 7. The summed E-state index contributed by atoms with van der Waals surface area (Å²) in [4.78, 5) is 23.8. The van der Waals surface area contributed by atoms with Crippen LogP contribution in [0, 0.1) is 0 Å². The number of anilines is 1. The Morgan fingerprint density at radius 1 is 1.25 bits per heavy atom. The van der Waals surface area contributed by atoms with Gasteiger partial charge < -0.3 is 10.6 Å². The minimum Gasteiger partial charge on any atom is -0.355 e. The third kappa shape index (κ3) is 6.10. The van der Waals surface area contributed by atoms with Gasteiger partial charge in [0.05, 0.1) is 5.25 Å². The predicted molar refractivity (Wildman–Crippen MR) is 84.0 cm³/mol. The highest BCUT2D eigenvalue weighted by atomic mass is 32.2. The Morgan fingerprint density at radius 2 is 1.90 bits per heavy atom. The fourth-order valence-electron chi connectivity index (χ4n) is 1.61. The maximum atomic E-state index is 11.8. The molecule has 0 aromatic heterocycles. The number of carbonyl (C=O) groups excluding carboxylic acids is 2. The molecule has 1 aromatic rings. The second-order valence-corrected chi connectivity index (χ2v) is 6.02. The summed E-state index contributed by atoms with van der Waals surface area (Å²) in [5.41, 5.74) is 0.766. The summed E-state index contributed by atoms with van der Waals surface area (Å²) >= 11 is 1.51. The van der Waals surface area contributed by atoms with E-state index in [0.717, 1.165) is 30.0 Å². The Labute approximate surface area is 124 Å². The highest BCUT2D eigenvalue weighted by molar-refractivity contribution is 8.00. The summed E-state index contributed by atoms with van der Waals surface area (Å²) in [5.74, 6) is -0.0246. The van der Waals surface area contributed by atoms with Crippen LogP contribution < -0.4 is 10.6 Å². The molecule has 0 aliphatic rings. The molecule has 0 heterocycles. The quantitative estimate of drug-likeness (QED) is 0.600. The van der Waals surface area contributed by atoms with Gasteiger partial charge in [0, 0.05) is 24.1 Å². The highest BCUT2D eigenvalue weighted by Gasteiger charge is 2.13. The van der Waals surface area contributed by atoms with Gasteiger partial charge in [-0.25, -0.2) is 0 Å². The third-order valence-corrected chi connectivity index (χ3v) is 3.80. The lowest BCUT2D eigenvalue weighted by Crippen LogP contribution is -2.31. The van der Waals surface area contributed by atoms with Crippen molar-refractivity contribution in [3.05, 3.63) is 24.3 Å². The molecule has 5 heteroatoms. The van der Waals surface area contributed by atoms with Gasteiger partial charge in [-0.2, -0.15) is 0 Å². The van der Waals surface area contributed by atoms with Crippen molar-refractivity contribution in [2.75, 3.05) is 11.9 Å². The normalized spacial score (nSPS) is 11.8. The maximum Gasteiger partial charge on any atom is 0.233 e. The van der Waals surface area contributed by atoms with Gasteiger partial charge in [-0.15, -0.1) is 11.8 Å². The van der Waals surface area contributed by atoms with Gasteiger partial charge in [-0.1, -0.05) is 13.3 Å². The smallest absolute Gasteiger partial charge is 0.233 e. The van der Waals surface area contributed by atoms with Crippen molar-refractivity contribution in [1.29, 1.82) is 0 Å². The molecular weight excluding hydrogens is 272 g/mol. The van der Waals surface area contributed by atoms with Crippen molar-refractivity contribution in [1.82, 2.24) is 5.32 Å². The van der Waals surface area contributed by atoms with Gasteiger partial charge in [-0.3, -0.25) is 9.59 Å². The first-order valence-corrected chi connectivity index (χ1v) is 7.73. The summed E-state index contributed by atoms with van der Waals surface area (Å²) in [7, 11) is 0. The zero-order valence-corrected chi connectivity index (χ0v) is 13.0. The van der Waals surface area contributed by atoms with E-state index in [9.17, 15) is 9.59 Å². The van der Waals surface area contributed by atoms with Crippen LogP contribution in [0.15, 0.2) is 29.2 Å². The Balaban J connectivity index is 2.47. The van der Waals surface area contributed by atoms with Gasteiger partial charge in [0.25, 0.3) is 0 Å². The number of amides is 2. The van der Waals surface area contributed by atoms with Crippen molar-refractivity contribution in [2.45, 2.75) is 43.8 Å². The summed E-state index contributed by atoms with van der Waals surface area (Å²) in [6.45, 7) is 6.21. The van der Waals surface area contributed by atoms with Crippen LogP contribution in [0.2, 0.25) is 0 Å². The van der Waals surface area contributed by atoms with E-state index >= 15 is 0 Å². The third-order valence-electron chi connectivity index (χ3n) is 2.69. The fourth-order valence-corrected chi connectivity index (χ4v) is 2.50. The second kappa shape index (κ2) is 8.64. The monoisotopic (exact) mass is 294 g/mol. The molecule has 0 radical (unpaired) electrons. The number of hydrogen-bond acceptors (Lipinski definition) is 3. The van der Waals surface area contributed by atoms with E-state index < -0.39 is 0 Å². The van der Waals surface area contributed by atoms with E-state index in [1.165, 1.54) is 18.7 Å². The molecule has 2 amide bonds. The van der Waals surface area contributed by atoms with E-state index in [0.29, 0.717) is 0 Å². The van der Waals surface area contributed by atoms with Crippen LogP contribution in [0.5, 0.6) is 0 Å². The summed E-state index contributed by atoms with van der Waals surface area (Å²) < 4.78 is 0. The number of benzene rings is 1. The SMILES string of the molecule is CCCCNC(=O)C(C)Sc1ccc(NC(C)=O)cc1. The molecule has 4 nitrogen and oxygen atoms in total. The van der Waals surface area contributed by atoms with E-state index in [1.54, 1.807) is 0 Å². The molecule has 1 rings (SSSR count). The molecule has 0 bridgehead atoms. The molecule has 0 aliphatic carbocycles. The van der Waals surface area contributed by atoms with Crippen LogP contribution in [-0.4, -0.2) is 23.6 Å². The van der Waals surface area contributed by atoms with Crippen molar-refractivity contribution in [3.63, 3.8) is 0 Å². The average molecular weight is 294 g/mol. The second-order valence-electron chi connectivity index (χ2n) is 4.61. The Bertz CT molecular complexity index is 446. The van der Waals surface area contributed by atoms with Crippen molar-refractivity contribution < 1.29 is 9.59 Å².